The van der Waals surface area contributed by atoms with Crippen LogP contribution in [0.3, 0.4) is 0 Å². The largest absolute Gasteiger partial charge is 0.330 e. The van der Waals surface area contributed by atoms with Crippen LogP contribution < -0.4 is 11.1 Å². The van der Waals surface area contributed by atoms with E-state index in [0.29, 0.717) is 12.1 Å². The van der Waals surface area contributed by atoms with E-state index in [9.17, 15) is 0 Å². The third kappa shape index (κ3) is 1.26. The molecule has 16 heavy (non-hydrogen) atoms. The van der Waals surface area contributed by atoms with Gasteiger partial charge in [-0.15, -0.1) is 0 Å². The lowest BCUT2D eigenvalue weighted by atomic mass is 9.68. The number of fused-ring (bicyclic) bond motifs is 2. The van der Waals surface area contributed by atoms with E-state index in [2.05, 4.69) is 36.5 Å². The fourth-order valence-electron chi connectivity index (χ4n) is 3.76. The Morgan fingerprint density at radius 2 is 2.19 bits per heavy atom. The SMILES string of the molecule is Cc1ccccc1C1(CN)CC2CCC1N2. The maximum absolute atomic E-state index is 6.12. The zero-order valence-electron chi connectivity index (χ0n) is 9.87. The Balaban J connectivity index is 2.06. The van der Waals surface area contributed by atoms with E-state index in [1.807, 2.05) is 0 Å². The second-order valence-corrected chi connectivity index (χ2v) is 5.37. The smallest absolute Gasteiger partial charge is 0.0246 e. The van der Waals surface area contributed by atoms with Gasteiger partial charge in [0.15, 0.2) is 0 Å². The molecule has 2 nitrogen and oxygen atoms in total. The van der Waals surface area contributed by atoms with Gasteiger partial charge in [-0.2, -0.15) is 0 Å². The van der Waals surface area contributed by atoms with Crippen molar-refractivity contribution in [1.29, 1.82) is 0 Å². The Morgan fingerprint density at radius 1 is 1.38 bits per heavy atom. The van der Waals surface area contributed by atoms with Gasteiger partial charge in [0.2, 0.25) is 0 Å². The van der Waals surface area contributed by atoms with E-state index in [1.165, 1.54) is 30.4 Å². The molecule has 3 atom stereocenters. The van der Waals surface area contributed by atoms with Crippen LogP contribution in [0.15, 0.2) is 24.3 Å². The monoisotopic (exact) mass is 216 g/mol. The average Bonchev–Trinajstić information content (AvgIpc) is 2.90. The second kappa shape index (κ2) is 3.57. The van der Waals surface area contributed by atoms with Crippen molar-refractivity contribution in [3.05, 3.63) is 35.4 Å². The first-order chi connectivity index (χ1) is 7.76. The van der Waals surface area contributed by atoms with Crippen molar-refractivity contribution in [2.45, 2.75) is 43.7 Å². The minimum absolute atomic E-state index is 0.203. The van der Waals surface area contributed by atoms with Crippen molar-refractivity contribution in [1.82, 2.24) is 5.32 Å². The Morgan fingerprint density at radius 3 is 2.75 bits per heavy atom. The summed E-state index contributed by atoms with van der Waals surface area (Å²) in [5.41, 5.74) is 9.18. The molecule has 1 aromatic carbocycles. The molecule has 3 unspecified atom stereocenters. The average molecular weight is 216 g/mol. The molecule has 0 aromatic heterocycles. The fourth-order valence-corrected chi connectivity index (χ4v) is 3.76. The Hall–Kier alpha value is -0.860. The molecular formula is C14H20N2. The molecule has 1 aromatic rings. The summed E-state index contributed by atoms with van der Waals surface area (Å²) >= 11 is 0. The van der Waals surface area contributed by atoms with E-state index >= 15 is 0 Å². The lowest BCUT2D eigenvalue weighted by molar-refractivity contribution is 0.339. The van der Waals surface area contributed by atoms with E-state index in [0.717, 1.165) is 6.54 Å². The van der Waals surface area contributed by atoms with Crippen LogP contribution in [0, 0.1) is 6.92 Å². The van der Waals surface area contributed by atoms with Crippen LogP contribution in [0.1, 0.15) is 30.4 Å². The van der Waals surface area contributed by atoms with Crippen molar-refractivity contribution in [3.63, 3.8) is 0 Å². The van der Waals surface area contributed by atoms with Crippen molar-refractivity contribution in [2.24, 2.45) is 5.73 Å². The highest BCUT2D eigenvalue weighted by Gasteiger charge is 2.51. The quantitative estimate of drug-likeness (QED) is 0.790. The van der Waals surface area contributed by atoms with Crippen LogP contribution in [-0.4, -0.2) is 18.6 Å². The molecule has 3 N–H and O–H groups in total. The van der Waals surface area contributed by atoms with Crippen molar-refractivity contribution < 1.29 is 0 Å². The molecule has 0 amide bonds. The molecule has 2 fully saturated rings. The molecule has 86 valence electrons. The van der Waals surface area contributed by atoms with Gasteiger partial charge in [-0.05, 0) is 37.3 Å². The highest BCUT2D eigenvalue weighted by molar-refractivity contribution is 5.38. The summed E-state index contributed by atoms with van der Waals surface area (Å²) in [5.74, 6) is 0. The van der Waals surface area contributed by atoms with Gasteiger partial charge < -0.3 is 11.1 Å². The van der Waals surface area contributed by atoms with Gasteiger partial charge in [-0.1, -0.05) is 24.3 Å². The van der Waals surface area contributed by atoms with E-state index in [-0.39, 0.29) is 5.41 Å². The van der Waals surface area contributed by atoms with Crippen LogP contribution in [0.2, 0.25) is 0 Å². The van der Waals surface area contributed by atoms with Gasteiger partial charge in [-0.3, -0.25) is 0 Å². The van der Waals surface area contributed by atoms with Crippen molar-refractivity contribution >= 4 is 0 Å². The van der Waals surface area contributed by atoms with E-state index in [1.54, 1.807) is 0 Å². The first-order valence-electron chi connectivity index (χ1n) is 6.28. The van der Waals surface area contributed by atoms with E-state index in [4.69, 9.17) is 5.73 Å². The fraction of sp³-hybridized carbons (Fsp3) is 0.571. The Kier molecular flexibility index (Phi) is 2.30. The van der Waals surface area contributed by atoms with Gasteiger partial charge in [0.1, 0.15) is 0 Å². The molecule has 0 radical (unpaired) electrons. The molecule has 0 spiro atoms. The van der Waals surface area contributed by atoms with Crippen molar-refractivity contribution in [3.8, 4) is 0 Å². The summed E-state index contributed by atoms with van der Waals surface area (Å²) in [6.07, 6.45) is 3.84. The summed E-state index contributed by atoms with van der Waals surface area (Å²) in [5, 5.41) is 3.72. The Bertz CT molecular complexity index is 401. The molecule has 2 heterocycles. The summed E-state index contributed by atoms with van der Waals surface area (Å²) in [4.78, 5) is 0. The minimum Gasteiger partial charge on any atom is -0.330 e. The maximum Gasteiger partial charge on any atom is 0.0246 e. The molecule has 0 saturated carbocycles. The van der Waals surface area contributed by atoms with E-state index < -0.39 is 0 Å². The van der Waals surface area contributed by atoms with Crippen LogP contribution >= 0.6 is 0 Å². The van der Waals surface area contributed by atoms with Gasteiger partial charge in [-0.25, -0.2) is 0 Å². The van der Waals surface area contributed by atoms with Crippen LogP contribution in [-0.2, 0) is 5.41 Å². The normalized spacial score (nSPS) is 36.9. The van der Waals surface area contributed by atoms with Gasteiger partial charge >= 0.3 is 0 Å². The highest BCUT2D eigenvalue weighted by atomic mass is 15.1. The van der Waals surface area contributed by atoms with Crippen LogP contribution in [0.4, 0.5) is 0 Å². The molecule has 2 heteroatoms. The molecular weight excluding hydrogens is 196 g/mol. The lowest BCUT2D eigenvalue weighted by Crippen LogP contribution is -2.46. The molecule has 2 saturated heterocycles. The molecule has 3 rings (SSSR count). The predicted octanol–water partition coefficient (Wildman–Crippen LogP) is 1.72. The van der Waals surface area contributed by atoms with Crippen LogP contribution in [0.5, 0.6) is 0 Å². The van der Waals surface area contributed by atoms with Gasteiger partial charge in [0.05, 0.1) is 0 Å². The number of nitrogens with two attached hydrogens (primary N) is 1. The first-order valence-corrected chi connectivity index (χ1v) is 6.28. The molecule has 2 bridgehead atoms. The number of hydrogen-bond acceptors (Lipinski definition) is 2. The van der Waals surface area contributed by atoms with Crippen LogP contribution in [0.25, 0.3) is 0 Å². The Labute approximate surface area is 97.2 Å². The molecule has 2 aliphatic rings. The number of aryl methyl sites for hydroxylation is 1. The topological polar surface area (TPSA) is 38.0 Å². The van der Waals surface area contributed by atoms with Crippen molar-refractivity contribution in [2.75, 3.05) is 6.54 Å². The second-order valence-electron chi connectivity index (χ2n) is 5.37. The third-order valence-electron chi connectivity index (χ3n) is 4.56. The number of rotatable bonds is 2. The standard InChI is InChI=1S/C14H20N2/c1-10-4-2-3-5-12(10)14(9-15)8-11-6-7-13(14)16-11/h2-5,11,13,16H,6-9,15H2,1H3. The zero-order valence-corrected chi connectivity index (χ0v) is 9.87. The minimum atomic E-state index is 0.203. The van der Waals surface area contributed by atoms with Gasteiger partial charge in [0, 0.05) is 24.0 Å². The maximum atomic E-state index is 6.12. The number of hydrogen-bond donors (Lipinski definition) is 2. The van der Waals surface area contributed by atoms with Gasteiger partial charge in [0.25, 0.3) is 0 Å². The number of benzene rings is 1. The highest BCUT2D eigenvalue weighted by Crippen LogP contribution is 2.45. The summed E-state index contributed by atoms with van der Waals surface area (Å²) in [6, 6.07) is 10.0. The summed E-state index contributed by atoms with van der Waals surface area (Å²) in [6.45, 7) is 2.98. The lowest BCUT2D eigenvalue weighted by Gasteiger charge is -2.37. The summed E-state index contributed by atoms with van der Waals surface area (Å²) < 4.78 is 0. The third-order valence-corrected chi connectivity index (χ3v) is 4.56. The first kappa shape index (κ1) is 10.3. The molecule has 2 aliphatic heterocycles. The summed E-state index contributed by atoms with van der Waals surface area (Å²) in [7, 11) is 0. The predicted molar refractivity (Wildman–Crippen MR) is 66.5 cm³/mol. The zero-order chi connectivity index (χ0) is 11.2. The molecule has 0 aliphatic carbocycles. The number of nitrogens with one attached hydrogen (secondary N) is 1.